The SMILES string of the molecule is O=S(=O)([O-])c1ccc(Nc2nc(Oc3ccccc3)nc(Oc3ccccc3)n2)cc1.[Li+]. The van der Waals surface area contributed by atoms with Crippen molar-refractivity contribution >= 4 is 21.8 Å². The minimum Gasteiger partial charge on any atom is -0.744 e. The summed E-state index contributed by atoms with van der Waals surface area (Å²) < 4.78 is 44.7. The Kier molecular flexibility index (Phi) is 7.45. The normalized spacial score (nSPS) is 10.7. The average molecular weight is 442 g/mol. The second kappa shape index (κ2) is 10.3. The first kappa shape index (κ1) is 23.2. The summed E-state index contributed by atoms with van der Waals surface area (Å²) >= 11 is 0. The molecule has 156 valence electrons. The summed E-state index contributed by atoms with van der Waals surface area (Å²) in [6.45, 7) is 0. The molecule has 11 heteroatoms. The largest absolute Gasteiger partial charge is 1.00 e. The van der Waals surface area contributed by atoms with E-state index in [0.29, 0.717) is 17.2 Å². The number of nitrogens with one attached hydrogen (secondary N) is 1. The molecule has 9 nitrogen and oxygen atoms in total. The second-order valence-electron chi connectivity index (χ2n) is 6.16. The van der Waals surface area contributed by atoms with Crippen molar-refractivity contribution in [2.75, 3.05) is 5.32 Å². The van der Waals surface area contributed by atoms with E-state index in [0.717, 1.165) is 0 Å². The summed E-state index contributed by atoms with van der Waals surface area (Å²) in [4.78, 5) is 12.3. The standard InChI is InChI=1S/C21H16N4O5S.Li/c26-31(27,28)18-13-11-15(12-14-18)22-19-23-20(29-16-7-3-1-4-8-16)25-21(24-19)30-17-9-5-2-6-10-17;/h1-14H,(H,26,27,28)(H,22,23,24,25);/q;+1/p-1. The van der Waals surface area contributed by atoms with Crippen LogP contribution >= 0.6 is 0 Å². The zero-order valence-corrected chi connectivity index (χ0v) is 17.7. The van der Waals surface area contributed by atoms with E-state index in [1.807, 2.05) is 36.4 Å². The third-order valence-corrected chi connectivity index (χ3v) is 4.75. The van der Waals surface area contributed by atoms with Gasteiger partial charge in [-0.3, -0.25) is 0 Å². The van der Waals surface area contributed by atoms with Crippen molar-refractivity contribution in [3.8, 4) is 23.5 Å². The molecule has 3 aromatic carbocycles. The van der Waals surface area contributed by atoms with Crippen LogP contribution in [-0.2, 0) is 10.1 Å². The van der Waals surface area contributed by atoms with Crippen LogP contribution in [0.15, 0.2) is 89.8 Å². The van der Waals surface area contributed by atoms with Gasteiger partial charge >= 0.3 is 30.9 Å². The minimum atomic E-state index is -4.53. The van der Waals surface area contributed by atoms with Gasteiger partial charge in [-0.15, -0.1) is 4.98 Å². The van der Waals surface area contributed by atoms with Gasteiger partial charge in [0.1, 0.15) is 21.6 Å². The van der Waals surface area contributed by atoms with Crippen LogP contribution in [-0.4, -0.2) is 27.9 Å². The van der Waals surface area contributed by atoms with Crippen LogP contribution in [0.4, 0.5) is 11.6 Å². The Labute approximate surface area is 196 Å². The maximum Gasteiger partial charge on any atom is 1.00 e. The quantitative estimate of drug-likeness (QED) is 0.331. The molecule has 0 aliphatic heterocycles. The molecule has 0 aliphatic rings. The molecule has 0 radical (unpaired) electrons. The Bertz CT molecular complexity index is 1220. The molecule has 0 atom stereocenters. The van der Waals surface area contributed by atoms with Gasteiger partial charge in [0.15, 0.2) is 0 Å². The van der Waals surface area contributed by atoms with E-state index in [4.69, 9.17) is 9.47 Å². The predicted octanol–water partition coefficient (Wildman–Crippen LogP) is 1.11. The summed E-state index contributed by atoms with van der Waals surface area (Å²) in [7, 11) is -4.53. The average Bonchev–Trinajstić information content (AvgIpc) is 2.75. The van der Waals surface area contributed by atoms with E-state index in [9.17, 15) is 13.0 Å². The van der Waals surface area contributed by atoms with Crippen LogP contribution in [0.3, 0.4) is 0 Å². The van der Waals surface area contributed by atoms with Gasteiger partial charge in [-0.25, -0.2) is 8.42 Å². The van der Waals surface area contributed by atoms with Gasteiger partial charge in [-0.2, -0.15) is 9.97 Å². The second-order valence-corrected chi connectivity index (χ2v) is 7.54. The van der Waals surface area contributed by atoms with E-state index >= 15 is 0 Å². The molecule has 0 aliphatic carbocycles. The summed E-state index contributed by atoms with van der Waals surface area (Å²) in [6.07, 6.45) is 0. The molecule has 0 saturated heterocycles. The molecule has 4 aromatic rings. The first-order chi connectivity index (χ1) is 15.0. The van der Waals surface area contributed by atoms with Crippen molar-refractivity contribution in [1.29, 1.82) is 0 Å². The van der Waals surface area contributed by atoms with Crippen LogP contribution in [0, 0.1) is 0 Å². The molecule has 1 heterocycles. The van der Waals surface area contributed by atoms with Gasteiger partial charge in [-0.05, 0) is 48.5 Å². The number of rotatable bonds is 7. The fraction of sp³-hybridized carbons (Fsp3) is 0. The van der Waals surface area contributed by atoms with Gasteiger partial charge in [0, 0.05) is 5.69 Å². The Morgan fingerprint density at radius 1 is 0.688 bits per heavy atom. The topological polar surface area (TPSA) is 126 Å². The molecule has 0 unspecified atom stereocenters. The van der Waals surface area contributed by atoms with E-state index in [-0.39, 0.29) is 41.7 Å². The molecule has 4 rings (SSSR count). The first-order valence-electron chi connectivity index (χ1n) is 9.00. The summed E-state index contributed by atoms with van der Waals surface area (Å²) in [5.74, 6) is 1.15. The summed E-state index contributed by atoms with van der Waals surface area (Å²) in [5, 5.41) is 2.92. The fourth-order valence-electron chi connectivity index (χ4n) is 2.51. The number of anilines is 2. The molecule has 0 amide bonds. The summed E-state index contributed by atoms with van der Waals surface area (Å²) in [5.41, 5.74) is 0.454. The third-order valence-electron chi connectivity index (χ3n) is 3.90. The maximum atomic E-state index is 11.1. The maximum absolute atomic E-state index is 11.1. The Morgan fingerprint density at radius 3 is 1.59 bits per heavy atom. The van der Waals surface area contributed by atoms with Crippen LogP contribution in [0.2, 0.25) is 0 Å². The molecule has 1 aromatic heterocycles. The third kappa shape index (κ3) is 6.29. The Balaban J connectivity index is 0.00000289. The van der Waals surface area contributed by atoms with E-state index in [1.54, 1.807) is 24.3 Å². The van der Waals surface area contributed by atoms with Crippen molar-refractivity contribution in [2.24, 2.45) is 0 Å². The molecule has 0 fully saturated rings. The van der Waals surface area contributed by atoms with E-state index < -0.39 is 10.1 Å². The molecule has 0 saturated carbocycles. The van der Waals surface area contributed by atoms with Crippen molar-refractivity contribution in [3.63, 3.8) is 0 Å². The number of aromatic nitrogens is 3. The molecule has 32 heavy (non-hydrogen) atoms. The van der Waals surface area contributed by atoms with E-state index in [2.05, 4.69) is 20.3 Å². The van der Waals surface area contributed by atoms with Crippen LogP contribution < -0.4 is 33.7 Å². The smallest absolute Gasteiger partial charge is 0.744 e. The Morgan fingerprint density at radius 2 is 1.16 bits per heavy atom. The first-order valence-corrected chi connectivity index (χ1v) is 10.4. The minimum absolute atomic E-state index is 0. The molecule has 0 bridgehead atoms. The number of para-hydroxylation sites is 2. The number of benzene rings is 3. The van der Waals surface area contributed by atoms with Crippen LogP contribution in [0.25, 0.3) is 0 Å². The van der Waals surface area contributed by atoms with Gasteiger partial charge in [0.25, 0.3) is 0 Å². The van der Waals surface area contributed by atoms with Crippen molar-refractivity contribution < 1.29 is 41.3 Å². The fourth-order valence-corrected chi connectivity index (χ4v) is 2.98. The monoisotopic (exact) mass is 442 g/mol. The summed E-state index contributed by atoms with van der Waals surface area (Å²) in [6, 6.07) is 23.1. The van der Waals surface area contributed by atoms with Crippen molar-refractivity contribution in [2.45, 2.75) is 4.90 Å². The number of hydrogen-bond donors (Lipinski definition) is 1. The number of hydrogen-bond acceptors (Lipinski definition) is 9. The Hall–Kier alpha value is -3.42. The van der Waals surface area contributed by atoms with Crippen molar-refractivity contribution in [3.05, 3.63) is 84.9 Å². The predicted molar refractivity (Wildman–Crippen MR) is 111 cm³/mol. The van der Waals surface area contributed by atoms with E-state index in [1.165, 1.54) is 24.3 Å². The molecule has 0 spiro atoms. The molecule has 1 N–H and O–H groups in total. The van der Waals surface area contributed by atoms with Gasteiger partial charge in [-0.1, -0.05) is 36.4 Å². The van der Waals surface area contributed by atoms with Crippen LogP contribution in [0.1, 0.15) is 0 Å². The van der Waals surface area contributed by atoms with Gasteiger partial charge in [0.05, 0.1) is 4.90 Å². The van der Waals surface area contributed by atoms with Gasteiger partial charge in [0.2, 0.25) is 5.95 Å². The van der Waals surface area contributed by atoms with Gasteiger partial charge < -0.3 is 19.3 Å². The van der Waals surface area contributed by atoms with Crippen molar-refractivity contribution in [1.82, 2.24) is 15.0 Å². The number of nitrogens with zero attached hydrogens (tertiary/aromatic N) is 3. The molecular weight excluding hydrogens is 427 g/mol. The number of ether oxygens (including phenoxy) is 2. The zero-order chi connectivity index (χ0) is 21.7. The van der Waals surface area contributed by atoms with Crippen LogP contribution in [0.5, 0.6) is 23.5 Å². The zero-order valence-electron chi connectivity index (χ0n) is 16.9. The molecular formula is C21H15LiN4O5S.